The average molecular weight is 554 g/mol. The molecule has 12 nitrogen and oxygen atoms in total. The highest BCUT2D eigenvalue weighted by Crippen LogP contribution is 2.43. The number of carbonyl (C=O) groups excluding carboxylic acids is 1. The summed E-state index contributed by atoms with van der Waals surface area (Å²) in [4.78, 5) is 17.1. The normalized spacial score (nSPS) is 19.9. The largest absolute Gasteiger partial charge is 0.382 e. The van der Waals surface area contributed by atoms with Crippen molar-refractivity contribution >= 4 is 27.2 Å². The van der Waals surface area contributed by atoms with Gasteiger partial charge in [0.1, 0.15) is 16.3 Å². The predicted octanol–water partition coefficient (Wildman–Crippen LogP) is 2.11. The Hall–Kier alpha value is -3.81. The number of hydrogen-bond donors (Lipinski definition) is 2. The smallest absolute Gasteiger partial charge is 0.249 e. The van der Waals surface area contributed by atoms with Crippen molar-refractivity contribution < 1.29 is 22.7 Å². The van der Waals surface area contributed by atoms with Crippen LogP contribution in [0.1, 0.15) is 37.3 Å². The molecule has 3 aromatic heterocycles. The molecule has 1 saturated carbocycles. The number of sulfone groups is 1. The third kappa shape index (κ3) is 5.00. The fourth-order valence-corrected chi connectivity index (χ4v) is 6.26. The monoisotopic (exact) mass is 553 g/mol. The van der Waals surface area contributed by atoms with E-state index in [1.165, 1.54) is 4.52 Å². The number of carbonyl (C=O) groups is 1. The number of nitrogen functional groups attached to an aromatic ring is 1. The molecule has 13 heteroatoms. The Labute approximate surface area is 225 Å². The van der Waals surface area contributed by atoms with Crippen molar-refractivity contribution in [3.63, 3.8) is 0 Å². The molecule has 0 spiro atoms. The van der Waals surface area contributed by atoms with E-state index in [9.17, 15) is 13.2 Å². The molecule has 5 rings (SSSR count). The second-order valence-electron chi connectivity index (χ2n) is 9.76. The van der Waals surface area contributed by atoms with Crippen molar-refractivity contribution in [2.24, 2.45) is 5.73 Å². The molecule has 1 fully saturated rings. The average Bonchev–Trinajstić information content (AvgIpc) is 3.56. The summed E-state index contributed by atoms with van der Waals surface area (Å²) in [5.41, 5.74) is 14.1. The van der Waals surface area contributed by atoms with Crippen molar-refractivity contribution in [2.45, 2.75) is 42.1 Å². The molecule has 4 aromatic rings. The molecule has 1 aliphatic rings. The van der Waals surface area contributed by atoms with Crippen molar-refractivity contribution in [1.82, 2.24) is 24.4 Å². The third-order valence-corrected chi connectivity index (χ3v) is 8.40. The fraction of sp³-hybridized carbons (Fsp3) is 0.385. The van der Waals surface area contributed by atoms with E-state index in [1.807, 2.05) is 36.5 Å². The first kappa shape index (κ1) is 26.8. The number of fused-ring (bicyclic) bond motifs is 1. The summed E-state index contributed by atoms with van der Waals surface area (Å²) < 4.78 is 39.8. The summed E-state index contributed by atoms with van der Waals surface area (Å²) >= 11 is 0. The molecule has 39 heavy (non-hydrogen) atoms. The second kappa shape index (κ2) is 10.4. The van der Waals surface area contributed by atoms with Gasteiger partial charge in [0.2, 0.25) is 5.91 Å². The minimum absolute atomic E-state index is 0.0118. The summed E-state index contributed by atoms with van der Waals surface area (Å²) in [5.74, 6) is -0.838. The predicted molar refractivity (Wildman–Crippen MR) is 144 cm³/mol. The second-order valence-corrected chi connectivity index (χ2v) is 11.7. The molecule has 0 bridgehead atoms. The van der Waals surface area contributed by atoms with Crippen LogP contribution in [0.4, 0.5) is 5.82 Å². The molecule has 0 radical (unpaired) electrons. The van der Waals surface area contributed by atoms with Gasteiger partial charge in [0.15, 0.2) is 15.5 Å². The minimum Gasteiger partial charge on any atom is -0.382 e. The van der Waals surface area contributed by atoms with Gasteiger partial charge in [-0.25, -0.2) is 18.1 Å². The van der Waals surface area contributed by atoms with Crippen molar-refractivity contribution in [1.29, 1.82) is 0 Å². The van der Waals surface area contributed by atoms with Crippen LogP contribution in [0.3, 0.4) is 0 Å². The van der Waals surface area contributed by atoms with Crippen molar-refractivity contribution in [3.8, 4) is 16.8 Å². The van der Waals surface area contributed by atoms with Gasteiger partial charge in [-0.2, -0.15) is 14.7 Å². The molecule has 0 unspecified atom stereocenters. The number of nitrogens with two attached hydrogens (primary N) is 2. The van der Waals surface area contributed by atoms with Gasteiger partial charge in [0, 0.05) is 36.6 Å². The molecule has 0 atom stereocenters. The lowest BCUT2D eigenvalue weighted by Gasteiger charge is -2.37. The SMILES string of the molecule is COCCOC1(C(N)=O)CCC(c2nc3c(-c4cnn(-c5ccccc5)c4)cnn3c(N)c2S(C)(=O)=O)CC1. The standard InChI is InChI=1S/C26H31N7O5S/c1-37-12-13-38-26(25(28)34)10-8-17(9-11-26)21-22(39(2,35)36)23(27)33-24(31-21)20(15-30-33)18-14-29-32(16-18)19-6-4-3-5-7-19/h3-7,14-17H,8-13,27H2,1-2H3,(H2,28,34). The number of anilines is 1. The fourth-order valence-electron chi connectivity index (χ4n) is 5.20. The van der Waals surface area contributed by atoms with Crippen LogP contribution < -0.4 is 11.5 Å². The molecule has 1 aliphatic carbocycles. The summed E-state index contributed by atoms with van der Waals surface area (Å²) in [6.07, 6.45) is 7.79. The Kier molecular flexibility index (Phi) is 7.14. The molecular formula is C26H31N7O5S. The maximum atomic E-state index is 12.9. The Bertz CT molecular complexity index is 1610. The van der Waals surface area contributed by atoms with Gasteiger partial charge >= 0.3 is 0 Å². The maximum absolute atomic E-state index is 12.9. The number of primary amides is 1. The van der Waals surface area contributed by atoms with Crippen LogP contribution in [-0.2, 0) is 24.1 Å². The van der Waals surface area contributed by atoms with E-state index >= 15 is 0 Å². The number of nitrogens with zero attached hydrogens (tertiary/aromatic N) is 5. The lowest BCUT2D eigenvalue weighted by molar-refractivity contribution is -0.151. The van der Waals surface area contributed by atoms with Crippen molar-refractivity contribution in [2.75, 3.05) is 32.3 Å². The third-order valence-electron chi connectivity index (χ3n) is 7.24. The summed E-state index contributed by atoms with van der Waals surface area (Å²) in [7, 11) is -2.21. The maximum Gasteiger partial charge on any atom is 0.249 e. The van der Waals surface area contributed by atoms with Gasteiger partial charge in [0.05, 0.1) is 37.0 Å². The van der Waals surface area contributed by atoms with Gasteiger partial charge in [-0.3, -0.25) is 4.79 Å². The Morgan fingerprint density at radius 2 is 1.85 bits per heavy atom. The zero-order valence-corrected chi connectivity index (χ0v) is 22.6. The van der Waals surface area contributed by atoms with Crippen LogP contribution in [0.15, 0.2) is 53.8 Å². The molecule has 3 heterocycles. The van der Waals surface area contributed by atoms with E-state index < -0.39 is 21.3 Å². The van der Waals surface area contributed by atoms with E-state index in [-0.39, 0.29) is 23.2 Å². The van der Waals surface area contributed by atoms with Crippen LogP contribution in [-0.4, -0.2) is 70.9 Å². The molecule has 1 amide bonds. The Balaban J connectivity index is 1.54. The number of hydrogen-bond acceptors (Lipinski definition) is 9. The molecular weight excluding hydrogens is 522 g/mol. The van der Waals surface area contributed by atoms with Gasteiger partial charge in [-0.15, -0.1) is 0 Å². The number of rotatable bonds is 9. The van der Waals surface area contributed by atoms with E-state index in [0.29, 0.717) is 49.2 Å². The van der Waals surface area contributed by atoms with E-state index in [2.05, 4.69) is 10.2 Å². The molecule has 0 aliphatic heterocycles. The Morgan fingerprint density at radius 1 is 1.13 bits per heavy atom. The zero-order chi connectivity index (χ0) is 27.8. The number of benzene rings is 1. The first-order valence-corrected chi connectivity index (χ1v) is 14.4. The van der Waals surface area contributed by atoms with Crippen LogP contribution >= 0.6 is 0 Å². The molecule has 206 valence electrons. The highest BCUT2D eigenvalue weighted by molar-refractivity contribution is 7.91. The van der Waals surface area contributed by atoms with E-state index in [4.69, 9.17) is 25.9 Å². The van der Waals surface area contributed by atoms with Gasteiger partial charge in [-0.1, -0.05) is 18.2 Å². The Morgan fingerprint density at radius 3 is 2.49 bits per heavy atom. The summed E-state index contributed by atoms with van der Waals surface area (Å²) in [5, 5.41) is 8.82. The molecule has 0 saturated heterocycles. The van der Waals surface area contributed by atoms with Gasteiger partial charge < -0.3 is 20.9 Å². The molecule has 1 aromatic carbocycles. The van der Waals surface area contributed by atoms with Crippen LogP contribution in [0.2, 0.25) is 0 Å². The highest BCUT2D eigenvalue weighted by atomic mass is 32.2. The van der Waals surface area contributed by atoms with E-state index in [1.54, 1.807) is 24.2 Å². The topological polar surface area (TPSA) is 170 Å². The van der Waals surface area contributed by atoms with Gasteiger partial charge in [-0.05, 0) is 37.8 Å². The lowest BCUT2D eigenvalue weighted by atomic mass is 9.77. The number of ether oxygens (including phenoxy) is 2. The van der Waals surface area contributed by atoms with Crippen molar-refractivity contribution in [3.05, 3.63) is 54.6 Å². The summed E-state index contributed by atoms with van der Waals surface area (Å²) in [6, 6.07) is 9.65. The number of para-hydroxylation sites is 1. The minimum atomic E-state index is -3.76. The first-order chi connectivity index (χ1) is 18.6. The van der Waals surface area contributed by atoms with Gasteiger partial charge in [0.25, 0.3) is 0 Å². The lowest BCUT2D eigenvalue weighted by Crippen LogP contribution is -2.49. The number of aromatic nitrogens is 5. The zero-order valence-electron chi connectivity index (χ0n) is 21.8. The quantitative estimate of drug-likeness (QED) is 0.295. The number of methoxy groups -OCH3 is 1. The highest BCUT2D eigenvalue weighted by Gasteiger charge is 2.43. The summed E-state index contributed by atoms with van der Waals surface area (Å²) in [6.45, 7) is 0.558. The van der Waals surface area contributed by atoms with Crippen LogP contribution in [0.5, 0.6) is 0 Å². The van der Waals surface area contributed by atoms with Crippen LogP contribution in [0.25, 0.3) is 22.5 Å². The first-order valence-electron chi connectivity index (χ1n) is 12.5. The van der Waals surface area contributed by atoms with E-state index in [0.717, 1.165) is 17.5 Å². The van der Waals surface area contributed by atoms with Crippen LogP contribution in [0, 0.1) is 0 Å². The number of amides is 1. The molecule has 4 N–H and O–H groups in total.